The first-order valence-electron chi connectivity index (χ1n) is 5.21. The number of nitrogens with two attached hydrogens (primary N) is 1. The van der Waals surface area contributed by atoms with E-state index in [1.807, 2.05) is 7.05 Å². The van der Waals surface area contributed by atoms with Gasteiger partial charge in [0.15, 0.2) is 0 Å². The van der Waals surface area contributed by atoms with Gasteiger partial charge in [-0.25, -0.2) is 0 Å². The summed E-state index contributed by atoms with van der Waals surface area (Å²) in [6.45, 7) is 4.15. The Balaban J connectivity index is 2.97. The van der Waals surface area contributed by atoms with Gasteiger partial charge in [-0.15, -0.1) is 0 Å². The quantitative estimate of drug-likeness (QED) is 0.688. The summed E-state index contributed by atoms with van der Waals surface area (Å²) in [7, 11) is 1.86. The van der Waals surface area contributed by atoms with Crippen molar-refractivity contribution in [1.82, 2.24) is 5.32 Å². The van der Waals surface area contributed by atoms with Crippen LogP contribution in [0.1, 0.15) is 22.7 Å². The lowest BCUT2D eigenvalue weighted by Crippen LogP contribution is -2.38. The number of hydrogen-bond donors (Lipinski definition) is 3. The number of nitrogens with one attached hydrogen (secondary N) is 1. The van der Waals surface area contributed by atoms with Gasteiger partial charge in [0.05, 0.1) is 6.61 Å². The van der Waals surface area contributed by atoms with Gasteiger partial charge in [-0.05, 0) is 37.6 Å². The van der Waals surface area contributed by atoms with Crippen molar-refractivity contribution < 1.29 is 5.11 Å². The number of aryl methyl sites for hydroxylation is 2. The highest BCUT2D eigenvalue weighted by atomic mass is 16.3. The summed E-state index contributed by atoms with van der Waals surface area (Å²) >= 11 is 0. The van der Waals surface area contributed by atoms with Crippen LogP contribution >= 0.6 is 0 Å². The van der Waals surface area contributed by atoms with Crippen molar-refractivity contribution in [3.05, 3.63) is 34.9 Å². The van der Waals surface area contributed by atoms with Crippen molar-refractivity contribution in [3.8, 4) is 0 Å². The van der Waals surface area contributed by atoms with Gasteiger partial charge in [-0.1, -0.05) is 18.2 Å². The predicted octanol–water partition coefficient (Wildman–Crippen LogP) is 0.884. The second-order valence-electron chi connectivity index (χ2n) is 3.96. The Morgan fingerprint density at radius 1 is 1.33 bits per heavy atom. The zero-order valence-electron chi connectivity index (χ0n) is 9.62. The predicted molar refractivity (Wildman–Crippen MR) is 62.8 cm³/mol. The molecule has 0 amide bonds. The summed E-state index contributed by atoms with van der Waals surface area (Å²) in [5, 5.41) is 12.2. The maximum Gasteiger partial charge on any atom is 0.0601 e. The van der Waals surface area contributed by atoms with E-state index < -0.39 is 0 Å². The molecule has 0 saturated heterocycles. The van der Waals surface area contributed by atoms with E-state index in [0.717, 1.165) is 5.56 Å². The van der Waals surface area contributed by atoms with Crippen LogP contribution in [-0.4, -0.2) is 24.8 Å². The molecule has 0 aromatic heterocycles. The zero-order valence-corrected chi connectivity index (χ0v) is 9.62. The fraction of sp³-hybridized carbons (Fsp3) is 0.500. The van der Waals surface area contributed by atoms with Crippen molar-refractivity contribution in [2.24, 2.45) is 5.73 Å². The summed E-state index contributed by atoms with van der Waals surface area (Å²) in [4.78, 5) is 0. The molecule has 0 aliphatic heterocycles. The molecule has 0 bridgehead atoms. The molecule has 4 N–H and O–H groups in total. The Hall–Kier alpha value is -0.900. The van der Waals surface area contributed by atoms with E-state index in [1.165, 1.54) is 11.1 Å². The van der Waals surface area contributed by atoms with Crippen molar-refractivity contribution in [1.29, 1.82) is 0 Å². The summed E-state index contributed by atoms with van der Waals surface area (Å²) in [5.41, 5.74) is 9.48. The molecule has 3 nitrogen and oxygen atoms in total. The molecule has 1 aromatic rings. The summed E-state index contributed by atoms with van der Waals surface area (Å²) < 4.78 is 0. The van der Waals surface area contributed by atoms with Crippen LogP contribution in [0.3, 0.4) is 0 Å². The van der Waals surface area contributed by atoms with Crippen LogP contribution in [0.15, 0.2) is 18.2 Å². The van der Waals surface area contributed by atoms with Crippen LogP contribution in [0.2, 0.25) is 0 Å². The molecule has 0 radical (unpaired) electrons. The first kappa shape index (κ1) is 12.2. The van der Waals surface area contributed by atoms with E-state index in [1.54, 1.807) is 0 Å². The fourth-order valence-electron chi connectivity index (χ4n) is 1.69. The molecule has 2 unspecified atom stereocenters. The largest absolute Gasteiger partial charge is 0.395 e. The standard InChI is InChI=1S/C12H20N2O/c1-8-4-5-10(6-9(8)2)12(14-3)11(13)7-15/h4-6,11-12,14-15H,7,13H2,1-3H3. The van der Waals surface area contributed by atoms with Crippen LogP contribution in [0.5, 0.6) is 0 Å². The molecular weight excluding hydrogens is 188 g/mol. The van der Waals surface area contributed by atoms with Gasteiger partial charge in [-0.3, -0.25) is 0 Å². The van der Waals surface area contributed by atoms with E-state index in [4.69, 9.17) is 10.8 Å². The van der Waals surface area contributed by atoms with E-state index in [0.29, 0.717) is 0 Å². The van der Waals surface area contributed by atoms with E-state index >= 15 is 0 Å². The minimum absolute atomic E-state index is 0.00861. The van der Waals surface area contributed by atoms with Gasteiger partial charge in [0, 0.05) is 12.1 Å². The third-order valence-electron chi connectivity index (χ3n) is 2.84. The van der Waals surface area contributed by atoms with Crippen LogP contribution < -0.4 is 11.1 Å². The number of rotatable bonds is 4. The lowest BCUT2D eigenvalue weighted by Gasteiger charge is -2.22. The highest BCUT2D eigenvalue weighted by Crippen LogP contribution is 2.18. The minimum atomic E-state index is -0.267. The third-order valence-corrected chi connectivity index (χ3v) is 2.84. The number of likely N-dealkylation sites (N-methyl/N-ethyl adjacent to an activating group) is 1. The lowest BCUT2D eigenvalue weighted by molar-refractivity contribution is 0.240. The molecular formula is C12H20N2O. The van der Waals surface area contributed by atoms with Crippen LogP contribution in [0.25, 0.3) is 0 Å². The monoisotopic (exact) mass is 208 g/mol. The van der Waals surface area contributed by atoms with Gasteiger partial charge in [0.2, 0.25) is 0 Å². The summed E-state index contributed by atoms with van der Waals surface area (Å²) in [6.07, 6.45) is 0. The van der Waals surface area contributed by atoms with Crippen molar-refractivity contribution in [2.75, 3.05) is 13.7 Å². The van der Waals surface area contributed by atoms with Crippen molar-refractivity contribution in [2.45, 2.75) is 25.9 Å². The average molecular weight is 208 g/mol. The molecule has 1 aromatic carbocycles. The maximum atomic E-state index is 9.06. The molecule has 0 aliphatic rings. The molecule has 84 valence electrons. The lowest BCUT2D eigenvalue weighted by atomic mass is 9.97. The highest BCUT2D eigenvalue weighted by molar-refractivity contribution is 5.32. The number of benzene rings is 1. The van der Waals surface area contributed by atoms with E-state index in [-0.39, 0.29) is 18.7 Å². The van der Waals surface area contributed by atoms with Gasteiger partial charge in [0.25, 0.3) is 0 Å². The summed E-state index contributed by atoms with van der Waals surface area (Å²) in [6, 6.07) is 6.00. The SMILES string of the molecule is CNC(c1ccc(C)c(C)c1)C(N)CO. The number of aliphatic hydroxyl groups is 1. The van der Waals surface area contributed by atoms with Gasteiger partial charge in [0.1, 0.15) is 0 Å². The molecule has 15 heavy (non-hydrogen) atoms. The molecule has 0 heterocycles. The topological polar surface area (TPSA) is 58.3 Å². The first-order valence-corrected chi connectivity index (χ1v) is 5.21. The molecule has 0 spiro atoms. The third kappa shape index (κ3) is 2.78. The fourth-order valence-corrected chi connectivity index (χ4v) is 1.69. The van der Waals surface area contributed by atoms with Gasteiger partial charge in [-0.2, -0.15) is 0 Å². The minimum Gasteiger partial charge on any atom is -0.395 e. The summed E-state index contributed by atoms with van der Waals surface area (Å²) in [5.74, 6) is 0. The molecule has 2 atom stereocenters. The zero-order chi connectivity index (χ0) is 11.4. The Morgan fingerprint density at radius 2 is 2.00 bits per heavy atom. The van der Waals surface area contributed by atoms with Gasteiger partial charge < -0.3 is 16.2 Å². The number of aliphatic hydroxyl groups excluding tert-OH is 1. The molecule has 0 saturated carbocycles. The van der Waals surface area contributed by atoms with E-state index in [2.05, 4.69) is 37.4 Å². The van der Waals surface area contributed by atoms with Crippen LogP contribution in [-0.2, 0) is 0 Å². The first-order chi connectivity index (χ1) is 7.10. The Morgan fingerprint density at radius 3 is 2.47 bits per heavy atom. The van der Waals surface area contributed by atoms with Gasteiger partial charge >= 0.3 is 0 Å². The Kier molecular flexibility index (Phi) is 4.27. The van der Waals surface area contributed by atoms with E-state index in [9.17, 15) is 0 Å². The maximum absolute atomic E-state index is 9.06. The Labute approximate surface area is 91.3 Å². The van der Waals surface area contributed by atoms with Crippen molar-refractivity contribution >= 4 is 0 Å². The molecule has 3 heteroatoms. The second kappa shape index (κ2) is 5.26. The molecule has 1 rings (SSSR count). The number of hydrogen-bond acceptors (Lipinski definition) is 3. The molecule has 0 fully saturated rings. The van der Waals surface area contributed by atoms with Crippen LogP contribution in [0, 0.1) is 13.8 Å². The second-order valence-corrected chi connectivity index (χ2v) is 3.96. The Bertz CT molecular complexity index is 325. The normalized spacial score (nSPS) is 15.0. The van der Waals surface area contributed by atoms with Crippen LogP contribution in [0.4, 0.5) is 0 Å². The van der Waals surface area contributed by atoms with Crippen molar-refractivity contribution in [3.63, 3.8) is 0 Å². The smallest absolute Gasteiger partial charge is 0.0601 e. The average Bonchev–Trinajstić information content (AvgIpc) is 2.24. The molecule has 0 aliphatic carbocycles. The highest BCUT2D eigenvalue weighted by Gasteiger charge is 2.17.